The van der Waals surface area contributed by atoms with Crippen LogP contribution in [0.25, 0.3) is 0 Å². The highest BCUT2D eigenvalue weighted by molar-refractivity contribution is 6.42. The van der Waals surface area contributed by atoms with Gasteiger partial charge in [-0.3, -0.25) is 0 Å². The van der Waals surface area contributed by atoms with Gasteiger partial charge in [0.05, 0.1) is 17.2 Å². The lowest BCUT2D eigenvalue weighted by molar-refractivity contribution is -0.143. The molecular formula is C10H11Cl2NO2. The molecule has 0 radical (unpaired) electrons. The Kier molecular flexibility index (Phi) is 4.39. The summed E-state index contributed by atoms with van der Waals surface area (Å²) in [5, 5.41) is 3.71. The number of esters is 1. The van der Waals surface area contributed by atoms with Gasteiger partial charge in [0, 0.05) is 0 Å². The summed E-state index contributed by atoms with van der Waals surface area (Å²) in [7, 11) is 3.01. The molecule has 82 valence electrons. The Morgan fingerprint density at radius 1 is 1.40 bits per heavy atom. The lowest BCUT2D eigenvalue weighted by Gasteiger charge is -2.14. The second-order valence-corrected chi connectivity index (χ2v) is 3.73. The largest absolute Gasteiger partial charge is 0.468 e. The second-order valence-electron chi connectivity index (χ2n) is 2.92. The first-order valence-corrected chi connectivity index (χ1v) is 5.05. The van der Waals surface area contributed by atoms with Gasteiger partial charge in [-0.1, -0.05) is 29.3 Å². The van der Waals surface area contributed by atoms with Gasteiger partial charge in [-0.2, -0.15) is 0 Å². The van der Waals surface area contributed by atoms with Crippen molar-refractivity contribution in [1.82, 2.24) is 5.32 Å². The average Bonchev–Trinajstić information content (AvgIpc) is 2.24. The lowest BCUT2D eigenvalue weighted by atomic mass is 10.1. The van der Waals surface area contributed by atoms with Crippen molar-refractivity contribution in [3.05, 3.63) is 33.8 Å². The third-order valence-electron chi connectivity index (χ3n) is 2.00. The van der Waals surface area contributed by atoms with Crippen LogP contribution in [0, 0.1) is 0 Å². The standard InChI is InChI=1S/C10H11Cl2NO2/c1-13-9(10(14)15-2)6-3-4-7(11)8(12)5-6/h3-5,9,13H,1-2H3/t9-/m1/s1. The van der Waals surface area contributed by atoms with E-state index >= 15 is 0 Å². The van der Waals surface area contributed by atoms with Crippen LogP contribution in [0.3, 0.4) is 0 Å². The fraction of sp³-hybridized carbons (Fsp3) is 0.300. The summed E-state index contributed by atoms with van der Waals surface area (Å²) in [4.78, 5) is 11.4. The zero-order valence-corrected chi connectivity index (χ0v) is 9.89. The van der Waals surface area contributed by atoms with E-state index in [1.165, 1.54) is 7.11 Å². The molecule has 5 heteroatoms. The van der Waals surface area contributed by atoms with Crippen LogP contribution in [0.5, 0.6) is 0 Å². The first kappa shape index (κ1) is 12.3. The maximum absolute atomic E-state index is 11.4. The minimum absolute atomic E-state index is 0.365. The monoisotopic (exact) mass is 247 g/mol. The topological polar surface area (TPSA) is 38.3 Å². The number of rotatable bonds is 3. The van der Waals surface area contributed by atoms with Crippen molar-refractivity contribution >= 4 is 29.2 Å². The van der Waals surface area contributed by atoms with Crippen LogP contribution in [0.2, 0.25) is 10.0 Å². The fourth-order valence-corrected chi connectivity index (χ4v) is 1.54. The van der Waals surface area contributed by atoms with Gasteiger partial charge in [-0.15, -0.1) is 0 Å². The lowest BCUT2D eigenvalue weighted by Crippen LogP contribution is -2.26. The van der Waals surface area contributed by atoms with E-state index in [4.69, 9.17) is 23.2 Å². The van der Waals surface area contributed by atoms with E-state index in [1.54, 1.807) is 25.2 Å². The maximum Gasteiger partial charge on any atom is 0.327 e. The van der Waals surface area contributed by atoms with E-state index in [1.807, 2.05) is 0 Å². The molecular weight excluding hydrogens is 237 g/mol. The minimum atomic E-state index is -0.523. The number of carbonyl (C=O) groups excluding carboxylic acids is 1. The van der Waals surface area contributed by atoms with Gasteiger partial charge in [0.25, 0.3) is 0 Å². The molecule has 0 aliphatic rings. The normalized spacial score (nSPS) is 12.3. The third-order valence-corrected chi connectivity index (χ3v) is 2.74. The van der Waals surface area contributed by atoms with Crippen molar-refractivity contribution in [2.24, 2.45) is 0 Å². The van der Waals surface area contributed by atoms with E-state index in [0.29, 0.717) is 10.0 Å². The third kappa shape index (κ3) is 2.84. The Bertz CT molecular complexity index is 368. The molecule has 1 rings (SSSR count). The Morgan fingerprint density at radius 2 is 2.07 bits per heavy atom. The van der Waals surface area contributed by atoms with Crippen molar-refractivity contribution in [3.63, 3.8) is 0 Å². The van der Waals surface area contributed by atoms with E-state index in [-0.39, 0.29) is 5.97 Å². The van der Waals surface area contributed by atoms with Gasteiger partial charge in [0.2, 0.25) is 0 Å². The number of hydrogen-bond donors (Lipinski definition) is 1. The predicted octanol–water partition coefficient (Wildman–Crippen LogP) is 2.43. The number of carbonyl (C=O) groups is 1. The zero-order valence-electron chi connectivity index (χ0n) is 8.38. The molecule has 0 aromatic heterocycles. The van der Waals surface area contributed by atoms with Gasteiger partial charge in [0.15, 0.2) is 0 Å². The number of likely N-dealkylation sites (N-methyl/N-ethyl adjacent to an activating group) is 1. The number of benzene rings is 1. The number of ether oxygens (including phenoxy) is 1. The van der Waals surface area contributed by atoms with E-state index in [2.05, 4.69) is 10.1 Å². The molecule has 3 nitrogen and oxygen atoms in total. The Morgan fingerprint density at radius 3 is 2.53 bits per heavy atom. The average molecular weight is 248 g/mol. The summed E-state index contributed by atoms with van der Waals surface area (Å²) in [6, 6.07) is 4.49. The number of methoxy groups -OCH3 is 1. The van der Waals surface area contributed by atoms with Crippen LogP contribution < -0.4 is 5.32 Å². The zero-order chi connectivity index (χ0) is 11.4. The van der Waals surface area contributed by atoms with Crippen molar-refractivity contribution in [1.29, 1.82) is 0 Å². The van der Waals surface area contributed by atoms with Gasteiger partial charge in [-0.05, 0) is 24.7 Å². The van der Waals surface area contributed by atoms with Crippen LogP contribution in [0.4, 0.5) is 0 Å². The molecule has 1 aromatic carbocycles. The summed E-state index contributed by atoms with van der Waals surface area (Å²) in [6.07, 6.45) is 0. The highest BCUT2D eigenvalue weighted by atomic mass is 35.5. The SMILES string of the molecule is CN[C@@H](C(=O)OC)c1ccc(Cl)c(Cl)c1. The Labute approximate surface area is 98.3 Å². The summed E-state index contributed by atoms with van der Waals surface area (Å²) in [5.74, 6) is -0.365. The van der Waals surface area contributed by atoms with Crippen molar-refractivity contribution < 1.29 is 9.53 Å². The second kappa shape index (κ2) is 5.35. The van der Waals surface area contributed by atoms with Crippen LogP contribution in [-0.2, 0) is 9.53 Å². The molecule has 15 heavy (non-hydrogen) atoms. The number of hydrogen-bond acceptors (Lipinski definition) is 3. The quantitative estimate of drug-likeness (QED) is 0.835. The molecule has 0 heterocycles. The van der Waals surface area contributed by atoms with Crippen LogP contribution in [0.15, 0.2) is 18.2 Å². The molecule has 0 spiro atoms. The predicted molar refractivity (Wildman–Crippen MR) is 60.3 cm³/mol. The van der Waals surface area contributed by atoms with E-state index in [0.717, 1.165) is 5.56 Å². The first-order chi connectivity index (χ1) is 7.10. The van der Waals surface area contributed by atoms with E-state index < -0.39 is 6.04 Å². The van der Waals surface area contributed by atoms with E-state index in [9.17, 15) is 4.79 Å². The molecule has 0 saturated heterocycles. The fourth-order valence-electron chi connectivity index (χ4n) is 1.23. The highest BCUT2D eigenvalue weighted by Gasteiger charge is 2.19. The van der Waals surface area contributed by atoms with Crippen LogP contribution in [0.1, 0.15) is 11.6 Å². The smallest absolute Gasteiger partial charge is 0.327 e. The summed E-state index contributed by atoms with van der Waals surface area (Å²) in [6.45, 7) is 0. The first-order valence-electron chi connectivity index (χ1n) is 4.30. The molecule has 0 fully saturated rings. The molecule has 0 saturated carbocycles. The highest BCUT2D eigenvalue weighted by Crippen LogP contribution is 2.25. The summed E-state index contributed by atoms with van der Waals surface area (Å²) in [5.41, 5.74) is 0.721. The van der Waals surface area contributed by atoms with Gasteiger partial charge >= 0.3 is 5.97 Å². The number of nitrogens with one attached hydrogen (secondary N) is 1. The van der Waals surface area contributed by atoms with Gasteiger partial charge < -0.3 is 10.1 Å². The molecule has 1 aromatic rings. The summed E-state index contributed by atoms with van der Waals surface area (Å²) >= 11 is 11.6. The maximum atomic E-state index is 11.4. The van der Waals surface area contributed by atoms with Gasteiger partial charge in [0.1, 0.15) is 6.04 Å². The van der Waals surface area contributed by atoms with Crippen LogP contribution >= 0.6 is 23.2 Å². The van der Waals surface area contributed by atoms with Crippen molar-refractivity contribution in [2.45, 2.75) is 6.04 Å². The van der Waals surface area contributed by atoms with Crippen molar-refractivity contribution in [2.75, 3.05) is 14.2 Å². The minimum Gasteiger partial charge on any atom is -0.468 e. The molecule has 1 N–H and O–H groups in total. The molecule has 0 amide bonds. The van der Waals surface area contributed by atoms with Gasteiger partial charge in [-0.25, -0.2) is 4.79 Å². The Hall–Kier alpha value is -0.770. The molecule has 0 aliphatic heterocycles. The number of halogens is 2. The Balaban J connectivity index is 3.02. The molecule has 1 atom stereocenters. The summed E-state index contributed by atoms with van der Waals surface area (Å²) < 4.78 is 4.65. The molecule has 0 aliphatic carbocycles. The van der Waals surface area contributed by atoms with Crippen LogP contribution in [-0.4, -0.2) is 20.1 Å². The molecule has 0 bridgehead atoms. The molecule has 0 unspecified atom stereocenters. The van der Waals surface area contributed by atoms with Crippen molar-refractivity contribution in [3.8, 4) is 0 Å².